The second kappa shape index (κ2) is 9.99. The van der Waals surface area contributed by atoms with Gasteiger partial charge in [-0.25, -0.2) is 0 Å². The zero-order chi connectivity index (χ0) is 22.4. The van der Waals surface area contributed by atoms with E-state index in [9.17, 15) is 0 Å². The number of hydrogen-bond donors (Lipinski definition) is 0. The maximum absolute atomic E-state index is 6.18. The highest BCUT2D eigenvalue weighted by Gasteiger charge is 2.31. The van der Waals surface area contributed by atoms with Gasteiger partial charge in [-0.3, -0.25) is 0 Å². The van der Waals surface area contributed by atoms with E-state index in [1.807, 2.05) is 49.4 Å². The third kappa shape index (κ3) is 5.56. The Balaban J connectivity index is 1.40. The van der Waals surface area contributed by atoms with Gasteiger partial charge in [-0.15, -0.1) is 10.2 Å². The Morgan fingerprint density at radius 2 is 1.16 bits per heavy atom. The van der Waals surface area contributed by atoms with E-state index in [0.29, 0.717) is 12.3 Å². The Hall–Kier alpha value is -3.14. The first kappa shape index (κ1) is 22.1. The van der Waals surface area contributed by atoms with Crippen LogP contribution >= 0.6 is 23.2 Å². The molecule has 5 heteroatoms. The molecule has 0 fully saturated rings. The number of aromatic nitrogens is 2. The van der Waals surface area contributed by atoms with Gasteiger partial charge in [0.2, 0.25) is 5.89 Å². The summed E-state index contributed by atoms with van der Waals surface area (Å²) in [6, 6.07) is 26.6. The van der Waals surface area contributed by atoms with Crippen molar-refractivity contribution >= 4 is 47.5 Å². The molecule has 4 aromatic rings. The average Bonchev–Trinajstić information content (AvgIpc) is 3.34. The summed E-state index contributed by atoms with van der Waals surface area (Å²) in [5, 5.41) is 8.03. The molecule has 3 nitrogen and oxygen atoms in total. The molecule has 160 valence electrons. The van der Waals surface area contributed by atoms with Crippen molar-refractivity contribution in [2.24, 2.45) is 0 Å². The monoisotopic (exact) mass is 460 g/mol. The molecule has 0 aliphatic carbocycles. The highest BCUT2D eigenvalue weighted by molar-refractivity contribution is 6.47. The molecule has 0 amide bonds. The average molecular weight is 461 g/mol. The fourth-order valence-corrected chi connectivity index (χ4v) is 3.20. The zero-order valence-corrected chi connectivity index (χ0v) is 19.1. The lowest BCUT2D eigenvalue weighted by atomic mass is 10.1. The van der Waals surface area contributed by atoms with Crippen molar-refractivity contribution < 1.29 is 4.42 Å². The van der Waals surface area contributed by atoms with Crippen LogP contribution in [0.3, 0.4) is 0 Å². The van der Waals surface area contributed by atoms with Crippen molar-refractivity contribution in [2.45, 2.75) is 17.7 Å². The Morgan fingerprint density at radius 1 is 0.688 bits per heavy atom. The summed E-state index contributed by atoms with van der Waals surface area (Å²) in [5.74, 6) is 0.609. The van der Waals surface area contributed by atoms with E-state index in [1.165, 1.54) is 5.56 Å². The molecule has 3 aromatic carbocycles. The van der Waals surface area contributed by atoms with Crippen LogP contribution in [0.15, 0.2) is 83.3 Å². The van der Waals surface area contributed by atoms with E-state index in [4.69, 9.17) is 27.6 Å². The van der Waals surface area contributed by atoms with Crippen molar-refractivity contribution in [3.63, 3.8) is 0 Å². The van der Waals surface area contributed by atoms with Crippen LogP contribution in [0.1, 0.15) is 41.5 Å². The summed E-state index contributed by atoms with van der Waals surface area (Å²) in [5.41, 5.74) is 5.37. The van der Waals surface area contributed by atoms with E-state index in [2.05, 4.69) is 70.9 Å². The predicted molar refractivity (Wildman–Crippen MR) is 134 cm³/mol. The quantitative estimate of drug-likeness (QED) is 0.206. The van der Waals surface area contributed by atoms with Gasteiger partial charge in [0.15, 0.2) is 4.33 Å². The fourth-order valence-electron chi connectivity index (χ4n) is 3.04. The Morgan fingerprint density at radius 3 is 1.66 bits per heavy atom. The molecular formula is C27H22Cl2N2O. The SMILES string of the molecule is CCC(Cl)(Cl)c1nnc(-c2ccc(/C=C/c3ccc(/C=C/c4ccccc4)cc3)cc2)o1. The van der Waals surface area contributed by atoms with Gasteiger partial charge in [0.1, 0.15) is 0 Å². The van der Waals surface area contributed by atoms with Crippen LogP contribution in [0.4, 0.5) is 0 Å². The molecular weight excluding hydrogens is 439 g/mol. The molecule has 0 unspecified atom stereocenters. The zero-order valence-electron chi connectivity index (χ0n) is 17.6. The van der Waals surface area contributed by atoms with Crippen molar-refractivity contribution in [3.8, 4) is 11.5 Å². The van der Waals surface area contributed by atoms with Crippen LogP contribution < -0.4 is 0 Å². The topological polar surface area (TPSA) is 38.9 Å². The Bertz CT molecular complexity index is 1210. The molecule has 0 aliphatic rings. The highest BCUT2D eigenvalue weighted by Crippen LogP contribution is 2.37. The molecule has 0 aliphatic heterocycles. The molecule has 0 radical (unpaired) electrons. The van der Waals surface area contributed by atoms with E-state index >= 15 is 0 Å². The lowest BCUT2D eigenvalue weighted by molar-refractivity contribution is 0.476. The van der Waals surface area contributed by atoms with Crippen LogP contribution in [0, 0.1) is 0 Å². The first-order valence-electron chi connectivity index (χ1n) is 10.4. The van der Waals surface area contributed by atoms with Crippen molar-refractivity contribution in [1.82, 2.24) is 10.2 Å². The first-order valence-corrected chi connectivity index (χ1v) is 11.1. The Kier molecular flexibility index (Phi) is 6.89. The standard InChI is InChI=1S/C27H22Cl2N2O/c1-2-27(28,29)26-31-30-25(32-26)24-18-16-23(17-19-24)15-14-22-12-10-21(11-13-22)9-8-20-6-4-3-5-7-20/h3-19H,2H2,1H3/b9-8+,15-14+. The molecule has 0 N–H and O–H groups in total. The van der Waals surface area contributed by atoms with Crippen LogP contribution in [0.2, 0.25) is 0 Å². The van der Waals surface area contributed by atoms with Gasteiger partial charge in [0.25, 0.3) is 5.89 Å². The number of benzene rings is 3. The molecule has 0 bridgehead atoms. The summed E-state index contributed by atoms with van der Waals surface area (Å²) < 4.78 is 4.48. The minimum absolute atomic E-state index is 0.212. The molecule has 1 heterocycles. The van der Waals surface area contributed by atoms with Gasteiger partial charge in [-0.1, -0.05) is 121 Å². The number of halogens is 2. The van der Waals surface area contributed by atoms with Gasteiger partial charge in [-0.2, -0.15) is 0 Å². The van der Waals surface area contributed by atoms with Gasteiger partial charge in [0.05, 0.1) is 0 Å². The maximum Gasteiger partial charge on any atom is 0.252 e. The third-order valence-corrected chi connectivity index (χ3v) is 5.87. The second-order valence-corrected chi connectivity index (χ2v) is 8.82. The molecule has 0 saturated carbocycles. The molecule has 0 spiro atoms. The van der Waals surface area contributed by atoms with Crippen LogP contribution in [-0.4, -0.2) is 10.2 Å². The van der Waals surface area contributed by atoms with Crippen LogP contribution in [0.5, 0.6) is 0 Å². The summed E-state index contributed by atoms with van der Waals surface area (Å²) in [7, 11) is 0. The van der Waals surface area contributed by atoms with E-state index < -0.39 is 4.33 Å². The second-order valence-electron chi connectivity index (χ2n) is 7.34. The molecule has 4 rings (SSSR count). The Labute approximate surface area is 198 Å². The fraction of sp³-hybridized carbons (Fsp3) is 0.111. The number of nitrogens with zero attached hydrogens (tertiary/aromatic N) is 2. The van der Waals surface area contributed by atoms with Gasteiger partial charge >= 0.3 is 0 Å². The van der Waals surface area contributed by atoms with E-state index in [1.54, 1.807) is 0 Å². The minimum Gasteiger partial charge on any atom is -0.417 e. The van der Waals surface area contributed by atoms with Crippen molar-refractivity contribution in [3.05, 3.63) is 107 Å². The first-order chi connectivity index (χ1) is 15.5. The van der Waals surface area contributed by atoms with Gasteiger partial charge in [-0.05, 0) is 40.8 Å². The van der Waals surface area contributed by atoms with Crippen LogP contribution in [-0.2, 0) is 4.33 Å². The summed E-state index contributed by atoms with van der Waals surface area (Å²) in [6.45, 7) is 1.86. The highest BCUT2D eigenvalue weighted by atomic mass is 35.5. The van der Waals surface area contributed by atoms with Gasteiger partial charge in [0, 0.05) is 5.56 Å². The molecule has 0 saturated heterocycles. The predicted octanol–water partition coefficient (Wildman–Crippen LogP) is 8.12. The summed E-state index contributed by atoms with van der Waals surface area (Å²) in [4.78, 5) is 0. The summed E-state index contributed by atoms with van der Waals surface area (Å²) >= 11 is 12.4. The smallest absolute Gasteiger partial charge is 0.252 e. The third-order valence-electron chi connectivity index (χ3n) is 5.01. The number of rotatable bonds is 7. The van der Waals surface area contributed by atoms with Crippen LogP contribution in [0.25, 0.3) is 35.8 Å². The minimum atomic E-state index is -1.17. The lowest BCUT2D eigenvalue weighted by Gasteiger charge is -2.10. The van der Waals surface area contributed by atoms with E-state index in [0.717, 1.165) is 22.3 Å². The normalized spacial score (nSPS) is 12.1. The van der Waals surface area contributed by atoms with Gasteiger partial charge < -0.3 is 4.42 Å². The summed E-state index contributed by atoms with van der Waals surface area (Å²) in [6.07, 6.45) is 8.86. The van der Waals surface area contributed by atoms with E-state index in [-0.39, 0.29) is 5.89 Å². The van der Waals surface area contributed by atoms with Crippen molar-refractivity contribution in [1.29, 1.82) is 0 Å². The number of alkyl halides is 2. The maximum atomic E-state index is 6.18. The molecule has 32 heavy (non-hydrogen) atoms. The number of hydrogen-bond acceptors (Lipinski definition) is 3. The van der Waals surface area contributed by atoms with Crippen molar-refractivity contribution in [2.75, 3.05) is 0 Å². The molecule has 0 atom stereocenters. The molecule has 1 aromatic heterocycles. The lowest BCUT2D eigenvalue weighted by Crippen LogP contribution is -2.08. The largest absolute Gasteiger partial charge is 0.417 e.